The van der Waals surface area contributed by atoms with E-state index in [-0.39, 0.29) is 23.7 Å². The Morgan fingerprint density at radius 2 is 1.94 bits per heavy atom. The molecule has 9 nitrogen and oxygen atoms in total. The Morgan fingerprint density at radius 3 is 2.55 bits per heavy atom. The average molecular weight is 507 g/mol. The first kappa shape index (κ1) is 22.5. The molecule has 1 heterocycles. The topological polar surface area (TPSA) is 116 Å². The van der Waals surface area contributed by atoms with Crippen LogP contribution >= 0.6 is 27.7 Å². The highest BCUT2D eigenvalue weighted by Gasteiger charge is 2.35. The van der Waals surface area contributed by atoms with Gasteiger partial charge in [-0.05, 0) is 57.0 Å². The van der Waals surface area contributed by atoms with Gasteiger partial charge in [0.2, 0.25) is 0 Å². The second kappa shape index (κ2) is 9.75. The third-order valence-electron chi connectivity index (χ3n) is 4.19. The molecular weight excluding hydrogens is 492 g/mol. The molecule has 1 aliphatic heterocycles. The van der Waals surface area contributed by atoms with Crippen LogP contribution in [0.2, 0.25) is 0 Å². The molecule has 1 fully saturated rings. The first-order valence-electron chi connectivity index (χ1n) is 8.76. The number of rotatable bonds is 7. The lowest BCUT2D eigenvalue weighted by Gasteiger charge is -2.12. The molecule has 1 saturated heterocycles. The van der Waals surface area contributed by atoms with E-state index in [2.05, 4.69) is 20.7 Å². The lowest BCUT2D eigenvalue weighted by Crippen LogP contribution is -2.27. The van der Waals surface area contributed by atoms with Crippen LogP contribution in [0, 0.1) is 10.1 Å². The molecule has 2 aromatic carbocycles. The Kier molecular flexibility index (Phi) is 7.08. The summed E-state index contributed by atoms with van der Waals surface area (Å²) < 4.78 is 10.4. The van der Waals surface area contributed by atoms with Gasteiger partial charge in [0.05, 0.1) is 28.0 Å². The van der Waals surface area contributed by atoms with Gasteiger partial charge in [0.15, 0.2) is 6.61 Å². The van der Waals surface area contributed by atoms with Crippen molar-refractivity contribution in [3.05, 3.63) is 73.1 Å². The Hall–Kier alpha value is -3.18. The summed E-state index contributed by atoms with van der Waals surface area (Å²) in [5.41, 5.74) is 1.18. The van der Waals surface area contributed by atoms with Crippen molar-refractivity contribution in [2.24, 2.45) is 0 Å². The fraction of sp³-hybridized carbons (Fsp3) is 0.150. The smallest absolute Gasteiger partial charge is 0.343 e. The highest BCUT2D eigenvalue weighted by atomic mass is 79.9. The zero-order valence-electron chi connectivity index (χ0n) is 16.1. The van der Waals surface area contributed by atoms with Crippen molar-refractivity contribution in [1.82, 2.24) is 4.90 Å². The van der Waals surface area contributed by atoms with Crippen molar-refractivity contribution in [3.63, 3.8) is 0 Å². The molecule has 2 amide bonds. The molecule has 0 N–H and O–H groups in total. The first-order valence-corrected chi connectivity index (χ1v) is 10.4. The standard InChI is InChI=1S/C20H15BrN2O7S/c1-29-18(24)11-30-16-7-4-13(8-15(16)21)9-17-19(25)22(20(26)31-17)10-12-2-5-14(6-3-12)23(27)28/h2-9H,10-11H2,1H3/b17-9-. The fourth-order valence-corrected chi connectivity index (χ4v) is 3.96. The van der Waals surface area contributed by atoms with E-state index in [0.717, 1.165) is 16.7 Å². The summed E-state index contributed by atoms with van der Waals surface area (Å²) in [6.07, 6.45) is 1.58. The van der Waals surface area contributed by atoms with Crippen molar-refractivity contribution in [2.45, 2.75) is 6.54 Å². The number of carbonyl (C=O) groups excluding carboxylic acids is 3. The van der Waals surface area contributed by atoms with Crippen molar-refractivity contribution >= 4 is 56.6 Å². The normalized spacial score (nSPS) is 14.8. The number of halogens is 1. The number of thioether (sulfide) groups is 1. The molecule has 160 valence electrons. The van der Waals surface area contributed by atoms with Gasteiger partial charge in [-0.2, -0.15) is 0 Å². The maximum absolute atomic E-state index is 12.7. The van der Waals surface area contributed by atoms with Crippen LogP contribution in [0.4, 0.5) is 10.5 Å². The van der Waals surface area contributed by atoms with Gasteiger partial charge in [0.25, 0.3) is 16.8 Å². The number of carbonyl (C=O) groups is 3. The minimum absolute atomic E-state index is 0.0179. The zero-order valence-corrected chi connectivity index (χ0v) is 18.5. The summed E-state index contributed by atoms with van der Waals surface area (Å²) in [5, 5.41) is 10.3. The first-order chi connectivity index (χ1) is 14.8. The minimum atomic E-state index is -0.517. The molecule has 3 rings (SSSR count). The number of nitro benzene ring substituents is 1. The second-order valence-corrected chi connectivity index (χ2v) is 8.09. The third kappa shape index (κ3) is 5.50. The number of hydrogen-bond donors (Lipinski definition) is 0. The lowest BCUT2D eigenvalue weighted by molar-refractivity contribution is -0.384. The molecule has 0 bridgehead atoms. The predicted molar refractivity (Wildman–Crippen MR) is 116 cm³/mol. The number of nitrogens with zero attached hydrogens (tertiary/aromatic N) is 2. The monoisotopic (exact) mass is 506 g/mol. The van der Waals surface area contributed by atoms with Gasteiger partial charge in [-0.25, -0.2) is 4.79 Å². The number of amides is 2. The van der Waals surface area contributed by atoms with Crippen LogP contribution in [0.25, 0.3) is 6.08 Å². The Morgan fingerprint density at radius 1 is 1.23 bits per heavy atom. The van der Waals surface area contributed by atoms with Gasteiger partial charge in [-0.3, -0.25) is 24.6 Å². The average Bonchev–Trinajstić information content (AvgIpc) is 3.00. The zero-order chi connectivity index (χ0) is 22.5. The van der Waals surface area contributed by atoms with Gasteiger partial charge in [-0.1, -0.05) is 18.2 Å². The van der Waals surface area contributed by atoms with Crippen molar-refractivity contribution in [2.75, 3.05) is 13.7 Å². The Bertz CT molecular complexity index is 1090. The van der Waals surface area contributed by atoms with Crippen LogP contribution in [0.3, 0.4) is 0 Å². The summed E-state index contributed by atoms with van der Waals surface area (Å²) in [6, 6.07) is 10.7. The van der Waals surface area contributed by atoms with Crippen LogP contribution in [0.15, 0.2) is 51.8 Å². The van der Waals surface area contributed by atoms with E-state index >= 15 is 0 Å². The summed E-state index contributed by atoms with van der Waals surface area (Å²) in [4.78, 5) is 47.7. The van der Waals surface area contributed by atoms with Crippen LogP contribution in [0.5, 0.6) is 5.75 Å². The van der Waals surface area contributed by atoms with Crippen LogP contribution in [0.1, 0.15) is 11.1 Å². The van der Waals surface area contributed by atoms with E-state index in [1.165, 1.54) is 31.4 Å². The molecule has 1 aliphatic rings. The molecule has 11 heteroatoms. The van der Waals surface area contributed by atoms with Crippen LogP contribution in [-0.2, 0) is 20.9 Å². The minimum Gasteiger partial charge on any atom is -0.481 e. The van der Waals surface area contributed by atoms with Gasteiger partial charge in [0, 0.05) is 12.1 Å². The number of nitro groups is 1. The molecule has 0 aromatic heterocycles. The Labute approximate surface area is 189 Å². The Balaban J connectivity index is 1.71. The van der Waals surface area contributed by atoms with E-state index in [1.54, 1.807) is 24.3 Å². The summed E-state index contributed by atoms with van der Waals surface area (Å²) in [7, 11) is 1.26. The number of methoxy groups -OCH3 is 1. The van der Waals surface area contributed by atoms with E-state index in [9.17, 15) is 24.5 Å². The molecule has 0 spiro atoms. The van der Waals surface area contributed by atoms with Crippen molar-refractivity contribution in [3.8, 4) is 5.75 Å². The fourth-order valence-electron chi connectivity index (χ4n) is 2.61. The van der Waals surface area contributed by atoms with Crippen molar-refractivity contribution in [1.29, 1.82) is 0 Å². The van der Waals surface area contributed by atoms with E-state index in [4.69, 9.17) is 4.74 Å². The molecule has 0 radical (unpaired) electrons. The number of non-ortho nitro benzene ring substituents is 1. The number of benzene rings is 2. The number of esters is 1. The highest BCUT2D eigenvalue weighted by Crippen LogP contribution is 2.34. The van der Waals surface area contributed by atoms with Gasteiger partial charge in [-0.15, -0.1) is 0 Å². The predicted octanol–water partition coefficient (Wildman–Crippen LogP) is 4.15. The van der Waals surface area contributed by atoms with Crippen LogP contribution < -0.4 is 4.74 Å². The molecule has 0 aliphatic carbocycles. The molecule has 31 heavy (non-hydrogen) atoms. The number of ether oxygens (including phenoxy) is 2. The quantitative estimate of drug-likeness (QED) is 0.238. The van der Waals surface area contributed by atoms with E-state index in [0.29, 0.717) is 21.3 Å². The maximum Gasteiger partial charge on any atom is 0.343 e. The van der Waals surface area contributed by atoms with E-state index in [1.807, 2.05) is 0 Å². The maximum atomic E-state index is 12.7. The van der Waals surface area contributed by atoms with Crippen molar-refractivity contribution < 1.29 is 28.8 Å². The molecule has 2 aromatic rings. The van der Waals surface area contributed by atoms with Gasteiger partial charge in [0.1, 0.15) is 5.75 Å². The highest BCUT2D eigenvalue weighted by molar-refractivity contribution is 9.10. The summed E-state index contributed by atoms with van der Waals surface area (Å²) >= 11 is 4.16. The second-order valence-electron chi connectivity index (χ2n) is 6.25. The molecule has 0 saturated carbocycles. The van der Waals surface area contributed by atoms with Gasteiger partial charge < -0.3 is 9.47 Å². The summed E-state index contributed by atoms with van der Waals surface area (Å²) in [6.45, 7) is -0.222. The lowest BCUT2D eigenvalue weighted by atomic mass is 10.2. The van der Waals surface area contributed by atoms with E-state index < -0.39 is 22.0 Å². The summed E-state index contributed by atoms with van der Waals surface area (Å²) in [5.74, 6) is -0.540. The third-order valence-corrected chi connectivity index (χ3v) is 5.72. The van der Waals surface area contributed by atoms with Crippen LogP contribution in [-0.4, -0.2) is 40.7 Å². The van der Waals surface area contributed by atoms with Gasteiger partial charge >= 0.3 is 5.97 Å². The number of imide groups is 1. The molecule has 0 atom stereocenters. The molecule has 0 unspecified atom stereocenters. The number of hydrogen-bond acceptors (Lipinski definition) is 8. The molecular formula is C20H15BrN2O7S. The largest absolute Gasteiger partial charge is 0.481 e. The SMILES string of the molecule is COC(=O)COc1ccc(/C=C2\SC(=O)N(Cc3ccc([N+](=O)[O-])cc3)C2=O)cc1Br.